The van der Waals surface area contributed by atoms with E-state index in [9.17, 15) is 14.4 Å². The Balaban J connectivity index is 1.06. The van der Waals surface area contributed by atoms with Crippen molar-refractivity contribution in [3.8, 4) is 16.9 Å². The van der Waals surface area contributed by atoms with Crippen LogP contribution in [0.3, 0.4) is 0 Å². The van der Waals surface area contributed by atoms with Crippen LogP contribution in [0.5, 0.6) is 5.75 Å². The van der Waals surface area contributed by atoms with E-state index >= 15 is 0 Å². The molecule has 0 aliphatic carbocycles. The van der Waals surface area contributed by atoms with Crippen LogP contribution >= 0.6 is 11.3 Å². The minimum atomic E-state index is -0.772. The molecule has 7 rings (SSSR count). The molecule has 0 radical (unpaired) electrons. The number of anilines is 2. The molecule has 0 saturated carbocycles. The van der Waals surface area contributed by atoms with Crippen molar-refractivity contribution < 1.29 is 29.0 Å². The van der Waals surface area contributed by atoms with E-state index in [2.05, 4.69) is 28.2 Å². The van der Waals surface area contributed by atoms with Gasteiger partial charge in [0.15, 0.2) is 10.8 Å². The summed E-state index contributed by atoms with van der Waals surface area (Å²) in [6.45, 7) is 13.3. The Morgan fingerprint density at radius 2 is 1.72 bits per heavy atom. The monoisotopic (exact) mass is 789 g/mol. The van der Waals surface area contributed by atoms with Crippen LogP contribution in [0.4, 0.5) is 10.9 Å². The number of hydrogen-bond donors (Lipinski definition) is 2. The Bertz CT molecular complexity index is 2260. The first kappa shape index (κ1) is 39.9. The lowest BCUT2D eigenvalue weighted by Crippen LogP contribution is -2.41. The van der Waals surface area contributed by atoms with Crippen molar-refractivity contribution >= 4 is 50.3 Å². The first-order valence-electron chi connectivity index (χ1n) is 19.7. The van der Waals surface area contributed by atoms with Crippen LogP contribution in [0.2, 0.25) is 0 Å². The predicted molar refractivity (Wildman–Crippen MR) is 224 cm³/mol. The number of amides is 1. The standard InChI is InChI=1S/C45H51N5O6S/c1-29-26-31(55-25-9-19-45(5)20-23-49(24-21-45)28-39(51)52)14-15-32(29)33-16-17-38(47-40(33)42(54)56-44(2,3)4)50-22-18-30-10-8-11-34(35(30)27-50)41(53)48-43-46-36-12-6-7-13-37(36)57-43/h6-8,10-17,26H,9,18-25,27-28H2,1-5H3,(H,51,52)(H,46,48,53). The summed E-state index contributed by atoms with van der Waals surface area (Å²) in [7, 11) is 0. The number of carbonyl (C=O) groups is 3. The number of piperidine rings is 1. The zero-order valence-corrected chi connectivity index (χ0v) is 34.2. The topological polar surface area (TPSA) is 134 Å². The van der Waals surface area contributed by atoms with Crippen LogP contribution in [0.1, 0.15) is 90.9 Å². The number of fused-ring (bicyclic) bond motifs is 2. The second-order valence-electron chi connectivity index (χ2n) is 16.5. The van der Waals surface area contributed by atoms with Crippen molar-refractivity contribution in [2.24, 2.45) is 5.41 Å². The summed E-state index contributed by atoms with van der Waals surface area (Å²) in [5.41, 5.74) is 5.64. The van der Waals surface area contributed by atoms with Crippen molar-refractivity contribution in [2.75, 3.05) is 43.0 Å². The van der Waals surface area contributed by atoms with Crippen LogP contribution < -0.4 is 15.0 Å². The van der Waals surface area contributed by atoms with Crippen LogP contribution in [-0.4, -0.2) is 76.2 Å². The number of hydrogen-bond acceptors (Lipinski definition) is 10. The molecule has 11 nitrogen and oxygen atoms in total. The average molecular weight is 790 g/mol. The Labute approximate surface area is 338 Å². The Hall–Kier alpha value is -5.33. The maximum atomic E-state index is 13.8. The van der Waals surface area contributed by atoms with E-state index in [0.717, 1.165) is 77.0 Å². The molecule has 2 N–H and O–H groups in total. The molecule has 0 atom stereocenters. The van der Waals surface area contributed by atoms with Crippen LogP contribution in [-0.2, 0) is 22.5 Å². The smallest absolute Gasteiger partial charge is 0.358 e. The van der Waals surface area contributed by atoms with E-state index in [4.69, 9.17) is 19.6 Å². The summed E-state index contributed by atoms with van der Waals surface area (Å²) in [5, 5.41) is 12.7. The van der Waals surface area contributed by atoms with Crippen molar-refractivity contribution in [3.63, 3.8) is 0 Å². The molecule has 4 heterocycles. The van der Waals surface area contributed by atoms with Crippen molar-refractivity contribution in [1.29, 1.82) is 0 Å². The largest absolute Gasteiger partial charge is 0.494 e. The number of likely N-dealkylation sites (tertiary alicyclic amines) is 1. The number of aromatic nitrogens is 2. The number of pyridine rings is 1. The molecule has 2 aliphatic rings. The number of thiazole rings is 1. The maximum absolute atomic E-state index is 13.8. The molecule has 57 heavy (non-hydrogen) atoms. The number of aliphatic carboxylic acids is 1. The Kier molecular flexibility index (Phi) is 11.6. The SMILES string of the molecule is Cc1cc(OCCCC2(C)CCN(CC(=O)O)CC2)ccc1-c1ccc(N2CCc3cccc(C(=O)Nc4nc5ccccc5s4)c3C2)nc1C(=O)OC(C)(C)C. The number of carbonyl (C=O) groups excluding carboxylic acids is 2. The minimum absolute atomic E-state index is 0.108. The zero-order chi connectivity index (χ0) is 40.3. The van der Waals surface area contributed by atoms with Gasteiger partial charge in [-0.1, -0.05) is 48.6 Å². The predicted octanol–water partition coefficient (Wildman–Crippen LogP) is 8.78. The summed E-state index contributed by atoms with van der Waals surface area (Å²) in [4.78, 5) is 52.3. The van der Waals surface area contributed by atoms with Gasteiger partial charge < -0.3 is 19.5 Å². The van der Waals surface area contributed by atoms with E-state index in [1.54, 1.807) is 0 Å². The van der Waals surface area contributed by atoms with Gasteiger partial charge in [-0.3, -0.25) is 19.8 Å². The molecule has 12 heteroatoms. The lowest BCUT2D eigenvalue weighted by atomic mass is 9.77. The number of carboxylic acid groups (broad SMARTS) is 1. The third-order valence-corrected chi connectivity index (χ3v) is 11.9. The summed E-state index contributed by atoms with van der Waals surface area (Å²) in [6, 6.07) is 23.4. The van der Waals surface area contributed by atoms with Gasteiger partial charge in [-0.2, -0.15) is 0 Å². The number of nitrogens with one attached hydrogen (secondary N) is 1. The molecule has 298 valence electrons. The third kappa shape index (κ3) is 9.62. The van der Waals surface area contributed by atoms with E-state index in [-0.39, 0.29) is 23.6 Å². The second kappa shape index (κ2) is 16.6. The molecule has 1 saturated heterocycles. The molecular weight excluding hydrogens is 739 g/mol. The van der Waals surface area contributed by atoms with E-state index < -0.39 is 17.5 Å². The first-order chi connectivity index (χ1) is 27.2. The van der Waals surface area contributed by atoms with Gasteiger partial charge in [0.05, 0.1) is 23.4 Å². The second-order valence-corrected chi connectivity index (χ2v) is 17.6. The normalized spacial score (nSPS) is 15.6. The fourth-order valence-corrected chi connectivity index (χ4v) is 8.67. The van der Waals surface area contributed by atoms with Gasteiger partial charge in [0.2, 0.25) is 0 Å². The number of aryl methyl sites for hydroxylation is 1. The fourth-order valence-electron chi connectivity index (χ4n) is 7.81. The zero-order valence-electron chi connectivity index (χ0n) is 33.4. The minimum Gasteiger partial charge on any atom is -0.494 e. The number of para-hydroxylation sites is 1. The number of esters is 1. The van der Waals surface area contributed by atoms with E-state index in [0.29, 0.717) is 48.2 Å². The quantitative estimate of drug-likeness (QED) is 0.0934. The average Bonchev–Trinajstić information content (AvgIpc) is 3.58. The van der Waals surface area contributed by atoms with Gasteiger partial charge in [-0.25, -0.2) is 14.8 Å². The summed E-state index contributed by atoms with van der Waals surface area (Å²) in [6.07, 6.45) is 4.60. The highest BCUT2D eigenvalue weighted by molar-refractivity contribution is 7.22. The molecule has 2 aromatic heterocycles. The van der Waals surface area contributed by atoms with Gasteiger partial charge in [-0.15, -0.1) is 0 Å². The summed E-state index contributed by atoms with van der Waals surface area (Å²) < 4.78 is 13.1. The number of nitrogens with zero attached hydrogens (tertiary/aromatic N) is 4. The van der Waals surface area contributed by atoms with E-state index in [1.165, 1.54) is 11.3 Å². The fraction of sp³-hybridized carbons (Fsp3) is 0.400. The molecule has 0 unspecified atom stereocenters. The highest BCUT2D eigenvalue weighted by atomic mass is 32.1. The molecule has 1 amide bonds. The molecule has 2 aliphatic heterocycles. The number of rotatable bonds is 12. The highest BCUT2D eigenvalue weighted by Crippen LogP contribution is 2.37. The van der Waals surface area contributed by atoms with Gasteiger partial charge in [0.25, 0.3) is 5.91 Å². The summed E-state index contributed by atoms with van der Waals surface area (Å²) >= 11 is 1.45. The van der Waals surface area contributed by atoms with Crippen molar-refractivity contribution in [1.82, 2.24) is 14.9 Å². The van der Waals surface area contributed by atoms with E-state index in [1.807, 2.05) is 99.3 Å². The first-order valence-corrected chi connectivity index (χ1v) is 20.5. The van der Waals surface area contributed by atoms with Crippen molar-refractivity contribution in [2.45, 2.75) is 78.9 Å². The van der Waals surface area contributed by atoms with Crippen LogP contribution in [0, 0.1) is 12.3 Å². The molecule has 3 aromatic carbocycles. The molecule has 1 fully saturated rings. The molecule has 0 bridgehead atoms. The maximum Gasteiger partial charge on any atom is 0.358 e. The Morgan fingerprint density at radius 1 is 0.947 bits per heavy atom. The van der Waals surface area contributed by atoms with Crippen LogP contribution in [0.25, 0.3) is 21.3 Å². The van der Waals surface area contributed by atoms with Gasteiger partial charge in [0.1, 0.15) is 17.2 Å². The lowest BCUT2D eigenvalue weighted by molar-refractivity contribution is -0.138. The summed E-state index contributed by atoms with van der Waals surface area (Å²) in [5.74, 6) is -0.0965. The number of benzene rings is 3. The Morgan fingerprint density at radius 3 is 2.46 bits per heavy atom. The molecular formula is C45H51N5O6S. The third-order valence-electron chi connectivity index (χ3n) is 10.9. The molecule has 0 spiro atoms. The highest BCUT2D eigenvalue weighted by Gasteiger charge is 2.31. The van der Waals surface area contributed by atoms with Crippen LogP contribution in [0.15, 0.2) is 72.8 Å². The van der Waals surface area contributed by atoms with Crippen molar-refractivity contribution in [3.05, 3.63) is 101 Å². The number of carboxylic acids is 1. The number of ether oxygens (including phenoxy) is 2. The van der Waals surface area contributed by atoms with Gasteiger partial charge >= 0.3 is 11.9 Å². The molecule has 5 aromatic rings. The van der Waals surface area contributed by atoms with Gasteiger partial charge in [0, 0.05) is 24.2 Å². The van der Waals surface area contributed by atoms with Gasteiger partial charge in [-0.05, 0) is 143 Å². The lowest BCUT2D eigenvalue weighted by Gasteiger charge is -2.39.